The molecule has 1 atom stereocenters. The number of allylic oxidation sites excluding steroid dienone is 3. The molecule has 0 aliphatic heterocycles. The summed E-state index contributed by atoms with van der Waals surface area (Å²) >= 11 is 0. The minimum Gasteiger partial charge on any atom is -0.361 e. The Balaban J connectivity index is 5.89. The fourth-order valence-electron chi connectivity index (χ4n) is 2.07. The van der Waals surface area contributed by atoms with Crippen LogP contribution in [0.25, 0.3) is 0 Å². The van der Waals surface area contributed by atoms with Crippen molar-refractivity contribution in [1.29, 1.82) is 0 Å². The van der Waals surface area contributed by atoms with Crippen molar-refractivity contribution in [2.24, 2.45) is 9.98 Å². The largest absolute Gasteiger partial charge is 0.361 e. The molecule has 0 aliphatic carbocycles. The predicted molar refractivity (Wildman–Crippen MR) is 94.6 cm³/mol. The summed E-state index contributed by atoms with van der Waals surface area (Å²) in [4.78, 5) is 11.0. The maximum atomic E-state index is 4.47. The van der Waals surface area contributed by atoms with Crippen LogP contribution >= 0.6 is 0 Å². The van der Waals surface area contributed by atoms with E-state index in [0.717, 1.165) is 36.5 Å². The molecule has 0 aromatic carbocycles. The van der Waals surface area contributed by atoms with Crippen molar-refractivity contribution < 1.29 is 0 Å². The van der Waals surface area contributed by atoms with Crippen LogP contribution in [0.2, 0.25) is 0 Å². The summed E-state index contributed by atoms with van der Waals surface area (Å²) in [6.07, 6.45) is 5.66. The molecule has 4 heteroatoms. The molecule has 0 spiro atoms. The smallest absolute Gasteiger partial charge is 0.136 e. The SMILES string of the molecule is BC(CC)N(CCC)/C(N=C)=C(C=C)/C(C=C)=N\CC. The summed E-state index contributed by atoms with van der Waals surface area (Å²) in [6, 6.07) is 0. The van der Waals surface area contributed by atoms with E-state index in [2.05, 4.69) is 56.5 Å². The summed E-state index contributed by atoms with van der Waals surface area (Å²) in [6.45, 7) is 19.5. The minimum atomic E-state index is 0.401. The summed E-state index contributed by atoms with van der Waals surface area (Å²) in [5.41, 5.74) is 1.74. The zero-order valence-corrected chi connectivity index (χ0v) is 13.5. The lowest BCUT2D eigenvalue weighted by Gasteiger charge is -2.32. The third-order valence-corrected chi connectivity index (χ3v) is 3.25. The number of rotatable bonds is 10. The van der Waals surface area contributed by atoms with Gasteiger partial charge in [0.25, 0.3) is 0 Å². The van der Waals surface area contributed by atoms with E-state index in [0.29, 0.717) is 12.5 Å². The third-order valence-electron chi connectivity index (χ3n) is 3.25. The van der Waals surface area contributed by atoms with E-state index in [9.17, 15) is 0 Å². The quantitative estimate of drug-likeness (QED) is 0.342. The topological polar surface area (TPSA) is 28.0 Å². The van der Waals surface area contributed by atoms with E-state index in [1.54, 1.807) is 12.2 Å². The Morgan fingerprint density at radius 3 is 2.25 bits per heavy atom. The highest BCUT2D eigenvalue weighted by molar-refractivity contribution is 6.12. The molecule has 0 heterocycles. The molecule has 0 amide bonds. The zero-order valence-electron chi connectivity index (χ0n) is 13.5. The monoisotopic (exact) mass is 273 g/mol. The lowest BCUT2D eigenvalue weighted by atomic mass is 9.91. The van der Waals surface area contributed by atoms with Gasteiger partial charge in [-0.25, -0.2) is 4.99 Å². The van der Waals surface area contributed by atoms with Crippen LogP contribution in [0.1, 0.15) is 33.6 Å². The van der Waals surface area contributed by atoms with Crippen LogP contribution in [-0.4, -0.2) is 44.2 Å². The van der Waals surface area contributed by atoms with Crippen molar-refractivity contribution in [3.05, 3.63) is 36.7 Å². The van der Waals surface area contributed by atoms with E-state index in [4.69, 9.17) is 0 Å². The average molecular weight is 273 g/mol. The second-order valence-electron chi connectivity index (χ2n) is 4.61. The van der Waals surface area contributed by atoms with Crippen LogP contribution in [0, 0.1) is 0 Å². The van der Waals surface area contributed by atoms with Gasteiger partial charge in [-0.1, -0.05) is 33.1 Å². The Labute approximate surface area is 125 Å². The second-order valence-corrected chi connectivity index (χ2v) is 4.61. The number of hydrogen-bond donors (Lipinski definition) is 0. The highest BCUT2D eigenvalue weighted by Crippen LogP contribution is 2.19. The van der Waals surface area contributed by atoms with Gasteiger partial charge in [0.05, 0.1) is 5.71 Å². The van der Waals surface area contributed by atoms with Gasteiger partial charge in [0.2, 0.25) is 0 Å². The van der Waals surface area contributed by atoms with Crippen LogP contribution in [-0.2, 0) is 0 Å². The van der Waals surface area contributed by atoms with Crippen LogP contribution in [0.5, 0.6) is 0 Å². The van der Waals surface area contributed by atoms with E-state index >= 15 is 0 Å². The summed E-state index contributed by atoms with van der Waals surface area (Å²) in [5.74, 6) is 1.25. The normalized spacial score (nSPS) is 14.2. The highest BCUT2D eigenvalue weighted by Gasteiger charge is 2.18. The first-order valence-corrected chi connectivity index (χ1v) is 7.38. The molecule has 0 fully saturated rings. The van der Waals surface area contributed by atoms with Crippen LogP contribution < -0.4 is 0 Å². The number of hydrogen-bond acceptors (Lipinski definition) is 3. The third kappa shape index (κ3) is 4.84. The lowest BCUT2D eigenvalue weighted by molar-refractivity contribution is 0.308. The molecule has 0 rings (SSSR count). The van der Waals surface area contributed by atoms with Crippen LogP contribution in [0.15, 0.2) is 46.7 Å². The van der Waals surface area contributed by atoms with Gasteiger partial charge in [-0.05, 0) is 38.5 Å². The van der Waals surface area contributed by atoms with Gasteiger partial charge in [0.1, 0.15) is 13.7 Å². The lowest BCUT2D eigenvalue weighted by Crippen LogP contribution is -2.35. The zero-order chi connectivity index (χ0) is 15.5. The van der Waals surface area contributed by atoms with Crippen LogP contribution in [0.4, 0.5) is 0 Å². The molecule has 0 saturated carbocycles. The number of aliphatic imine (C=N–C) groups is 2. The molecule has 3 nitrogen and oxygen atoms in total. The van der Waals surface area contributed by atoms with Crippen molar-refractivity contribution in [1.82, 2.24) is 4.90 Å². The molecule has 110 valence electrons. The highest BCUT2D eigenvalue weighted by atomic mass is 15.2. The Morgan fingerprint density at radius 1 is 1.25 bits per heavy atom. The van der Waals surface area contributed by atoms with Crippen molar-refractivity contribution in [3.63, 3.8) is 0 Å². The number of nitrogens with zero attached hydrogens (tertiary/aromatic N) is 3. The van der Waals surface area contributed by atoms with Gasteiger partial charge in [0.15, 0.2) is 0 Å². The van der Waals surface area contributed by atoms with Crippen molar-refractivity contribution in [3.8, 4) is 0 Å². The Hall–Kier alpha value is -1.58. The van der Waals surface area contributed by atoms with E-state index < -0.39 is 0 Å². The molecule has 1 unspecified atom stereocenters. The summed E-state index contributed by atoms with van der Waals surface area (Å²) < 4.78 is 0. The first-order chi connectivity index (χ1) is 9.60. The van der Waals surface area contributed by atoms with Gasteiger partial charge in [-0.15, -0.1) is 0 Å². The Morgan fingerprint density at radius 2 is 1.90 bits per heavy atom. The molecule has 0 aromatic rings. The van der Waals surface area contributed by atoms with Gasteiger partial charge in [-0.3, -0.25) is 4.99 Å². The summed E-state index contributed by atoms with van der Waals surface area (Å²) in [5, 5.41) is 0. The fraction of sp³-hybridized carbons (Fsp3) is 0.500. The standard InChI is InChI=1S/C16H28BN3/c1-7-12-20(15(17)10-4)16(18-6)13(8-2)14(9-3)19-11-5/h8-9,15H,2-3,6-7,10-12,17H2,1,4-5H3/b16-13+,19-14-. The van der Waals surface area contributed by atoms with Gasteiger partial charge >= 0.3 is 0 Å². The Kier molecular flexibility index (Phi) is 9.43. The van der Waals surface area contributed by atoms with Crippen molar-refractivity contribution in [2.75, 3.05) is 13.1 Å². The van der Waals surface area contributed by atoms with Gasteiger partial charge < -0.3 is 4.90 Å². The van der Waals surface area contributed by atoms with E-state index in [1.165, 1.54) is 0 Å². The van der Waals surface area contributed by atoms with Crippen LogP contribution in [0.3, 0.4) is 0 Å². The van der Waals surface area contributed by atoms with E-state index in [1.807, 2.05) is 6.92 Å². The first-order valence-electron chi connectivity index (χ1n) is 7.38. The van der Waals surface area contributed by atoms with Crippen molar-refractivity contribution in [2.45, 2.75) is 39.6 Å². The molecular formula is C16H28BN3. The molecule has 0 bridgehead atoms. The first kappa shape index (κ1) is 18.4. The molecular weight excluding hydrogens is 245 g/mol. The molecule has 0 aliphatic rings. The fourth-order valence-corrected chi connectivity index (χ4v) is 2.07. The maximum absolute atomic E-state index is 4.47. The molecule has 0 aromatic heterocycles. The molecule has 20 heavy (non-hydrogen) atoms. The maximum Gasteiger partial charge on any atom is 0.136 e. The molecule has 0 N–H and O–H groups in total. The minimum absolute atomic E-state index is 0.401. The Bertz CT molecular complexity index is 397. The van der Waals surface area contributed by atoms with Gasteiger partial charge in [0, 0.05) is 18.7 Å². The van der Waals surface area contributed by atoms with Crippen molar-refractivity contribution >= 4 is 20.3 Å². The van der Waals surface area contributed by atoms with Gasteiger partial charge in [-0.2, -0.15) is 0 Å². The summed E-state index contributed by atoms with van der Waals surface area (Å²) in [7, 11) is 2.20. The second kappa shape index (κ2) is 10.2. The average Bonchev–Trinajstić information content (AvgIpc) is 2.48. The molecule has 0 radical (unpaired) electrons. The molecule has 0 saturated heterocycles. The predicted octanol–water partition coefficient (Wildman–Crippen LogP) is 2.81. The van der Waals surface area contributed by atoms with E-state index in [-0.39, 0.29) is 0 Å².